The predicted octanol–water partition coefficient (Wildman–Crippen LogP) is 3.19. The summed E-state index contributed by atoms with van der Waals surface area (Å²) < 4.78 is 12.4. The van der Waals surface area contributed by atoms with Crippen molar-refractivity contribution in [3.63, 3.8) is 0 Å². The van der Waals surface area contributed by atoms with Crippen molar-refractivity contribution in [3.8, 4) is 0 Å². The minimum Gasteiger partial charge on any atom is -0.371 e. The molecule has 0 unspecified atom stereocenters. The summed E-state index contributed by atoms with van der Waals surface area (Å²) >= 11 is 1.76. The molecule has 0 radical (unpaired) electrons. The van der Waals surface area contributed by atoms with E-state index in [2.05, 4.69) is 27.2 Å². The smallest absolute Gasteiger partial charge is 0.107 e. The number of hydrogen-bond donors (Lipinski definition) is 0. The molecule has 4 rings (SSSR count). The standard InChI is InChI=1S/C19H25N3O2S/c1-15-13-25-18(21-15)10-22-8-2-5-19(14-22)9-17(12-24-19)23-11-16-3-6-20-7-4-16/h3-4,6-7,13,17H,2,5,8-12,14H2,1H3/t17-,19-/m0/s1. The number of aryl methyl sites for hydroxylation is 1. The van der Waals surface area contributed by atoms with Gasteiger partial charge in [-0.3, -0.25) is 9.88 Å². The number of hydrogen-bond acceptors (Lipinski definition) is 6. The second kappa shape index (κ2) is 7.50. The van der Waals surface area contributed by atoms with Gasteiger partial charge in [0, 0.05) is 36.4 Å². The molecule has 4 heterocycles. The van der Waals surface area contributed by atoms with Gasteiger partial charge in [-0.2, -0.15) is 0 Å². The first kappa shape index (κ1) is 17.1. The molecule has 2 aromatic heterocycles. The van der Waals surface area contributed by atoms with Crippen LogP contribution in [0.1, 0.15) is 35.5 Å². The molecule has 2 fully saturated rings. The Morgan fingerprint density at radius 3 is 3.08 bits per heavy atom. The van der Waals surface area contributed by atoms with E-state index in [-0.39, 0.29) is 11.7 Å². The molecule has 25 heavy (non-hydrogen) atoms. The number of pyridine rings is 1. The lowest BCUT2D eigenvalue weighted by Gasteiger charge is -2.39. The highest BCUT2D eigenvalue weighted by Crippen LogP contribution is 2.36. The Morgan fingerprint density at radius 2 is 2.28 bits per heavy atom. The van der Waals surface area contributed by atoms with Crippen LogP contribution < -0.4 is 0 Å². The van der Waals surface area contributed by atoms with E-state index in [1.54, 1.807) is 11.3 Å². The second-order valence-corrected chi connectivity index (χ2v) is 8.13. The Kier molecular flexibility index (Phi) is 5.12. The molecule has 2 aromatic rings. The molecule has 0 amide bonds. The summed E-state index contributed by atoms with van der Waals surface area (Å²) in [7, 11) is 0. The normalized spacial score (nSPS) is 27.2. The Labute approximate surface area is 153 Å². The average molecular weight is 359 g/mol. The second-order valence-electron chi connectivity index (χ2n) is 7.18. The van der Waals surface area contributed by atoms with Crippen LogP contribution in [0.25, 0.3) is 0 Å². The van der Waals surface area contributed by atoms with Crippen LogP contribution in [0.3, 0.4) is 0 Å². The highest BCUT2D eigenvalue weighted by molar-refractivity contribution is 7.09. The van der Waals surface area contributed by atoms with Gasteiger partial charge in [-0.15, -0.1) is 11.3 Å². The fraction of sp³-hybridized carbons (Fsp3) is 0.579. The third kappa shape index (κ3) is 4.26. The summed E-state index contributed by atoms with van der Waals surface area (Å²) in [6, 6.07) is 4.01. The van der Waals surface area contributed by atoms with Crippen molar-refractivity contribution in [3.05, 3.63) is 46.2 Å². The van der Waals surface area contributed by atoms with Crippen LogP contribution in [-0.2, 0) is 22.6 Å². The van der Waals surface area contributed by atoms with Gasteiger partial charge in [-0.25, -0.2) is 4.98 Å². The third-order valence-electron chi connectivity index (χ3n) is 5.05. The Hall–Kier alpha value is -1.34. The van der Waals surface area contributed by atoms with Crippen LogP contribution in [0, 0.1) is 6.92 Å². The van der Waals surface area contributed by atoms with Gasteiger partial charge in [0.15, 0.2) is 0 Å². The monoisotopic (exact) mass is 359 g/mol. The zero-order valence-electron chi connectivity index (χ0n) is 14.7. The fourth-order valence-electron chi connectivity index (χ4n) is 3.88. The number of piperidine rings is 1. The molecule has 1 spiro atoms. The Bertz CT molecular complexity index is 693. The molecule has 5 nitrogen and oxygen atoms in total. The van der Waals surface area contributed by atoms with Crippen LogP contribution in [0.15, 0.2) is 29.9 Å². The van der Waals surface area contributed by atoms with Crippen molar-refractivity contribution in [1.29, 1.82) is 0 Å². The molecule has 2 atom stereocenters. The molecule has 0 aromatic carbocycles. The van der Waals surface area contributed by atoms with E-state index in [9.17, 15) is 0 Å². The molecular weight excluding hydrogens is 334 g/mol. The van der Waals surface area contributed by atoms with E-state index in [1.165, 1.54) is 17.0 Å². The number of ether oxygens (including phenoxy) is 2. The third-order valence-corrected chi connectivity index (χ3v) is 6.01. The average Bonchev–Trinajstić information content (AvgIpc) is 3.20. The topological polar surface area (TPSA) is 47.5 Å². The molecule has 0 aliphatic carbocycles. The van der Waals surface area contributed by atoms with Crippen LogP contribution in [-0.4, -0.2) is 46.3 Å². The highest BCUT2D eigenvalue weighted by Gasteiger charge is 2.43. The van der Waals surface area contributed by atoms with Crippen LogP contribution in [0.2, 0.25) is 0 Å². The molecule has 0 saturated carbocycles. The number of rotatable bonds is 5. The molecule has 0 N–H and O–H groups in total. The molecule has 0 bridgehead atoms. The lowest BCUT2D eigenvalue weighted by molar-refractivity contribution is -0.0548. The first-order valence-corrected chi connectivity index (χ1v) is 9.87. The van der Waals surface area contributed by atoms with Crippen molar-refractivity contribution in [2.45, 2.75) is 51.0 Å². The van der Waals surface area contributed by atoms with E-state index in [0.717, 1.165) is 38.2 Å². The molecule has 2 aliphatic rings. The maximum atomic E-state index is 6.26. The quantitative estimate of drug-likeness (QED) is 0.820. The molecular formula is C19H25N3O2S. The first-order valence-electron chi connectivity index (χ1n) is 8.99. The van der Waals surface area contributed by atoms with Crippen molar-refractivity contribution >= 4 is 11.3 Å². The Morgan fingerprint density at radius 1 is 1.40 bits per heavy atom. The van der Waals surface area contributed by atoms with Crippen LogP contribution in [0.4, 0.5) is 0 Å². The summed E-state index contributed by atoms with van der Waals surface area (Å²) in [5.41, 5.74) is 2.25. The zero-order valence-corrected chi connectivity index (χ0v) is 15.5. The summed E-state index contributed by atoms with van der Waals surface area (Å²) in [5.74, 6) is 0. The first-order chi connectivity index (χ1) is 12.2. The van der Waals surface area contributed by atoms with Crippen molar-refractivity contribution in [2.24, 2.45) is 0 Å². The highest BCUT2D eigenvalue weighted by atomic mass is 32.1. The van der Waals surface area contributed by atoms with Gasteiger partial charge in [0.25, 0.3) is 0 Å². The lowest BCUT2D eigenvalue weighted by Crippen LogP contribution is -2.47. The van der Waals surface area contributed by atoms with Crippen molar-refractivity contribution < 1.29 is 9.47 Å². The van der Waals surface area contributed by atoms with Gasteiger partial charge in [-0.05, 0) is 44.0 Å². The van der Waals surface area contributed by atoms with E-state index in [4.69, 9.17) is 9.47 Å². The number of likely N-dealkylation sites (tertiary alicyclic amines) is 1. The summed E-state index contributed by atoms with van der Waals surface area (Å²) in [6.45, 7) is 6.45. The maximum Gasteiger partial charge on any atom is 0.107 e. The van der Waals surface area contributed by atoms with Crippen molar-refractivity contribution in [2.75, 3.05) is 19.7 Å². The van der Waals surface area contributed by atoms with Gasteiger partial charge in [0.1, 0.15) is 5.01 Å². The molecule has 134 valence electrons. The van der Waals surface area contributed by atoms with Crippen molar-refractivity contribution in [1.82, 2.24) is 14.9 Å². The molecule has 2 aliphatic heterocycles. The maximum absolute atomic E-state index is 6.26. The largest absolute Gasteiger partial charge is 0.371 e. The number of aromatic nitrogens is 2. The summed E-state index contributed by atoms with van der Waals surface area (Å²) in [5, 5.41) is 3.34. The predicted molar refractivity (Wildman–Crippen MR) is 97.5 cm³/mol. The summed E-state index contributed by atoms with van der Waals surface area (Å²) in [6.07, 6.45) is 7.12. The SMILES string of the molecule is Cc1csc(CN2CCC[C@]3(C[C@H](OCc4ccncc4)CO3)C2)n1. The van der Waals surface area contributed by atoms with E-state index in [1.807, 2.05) is 24.5 Å². The van der Waals surface area contributed by atoms with Crippen LogP contribution in [0.5, 0.6) is 0 Å². The zero-order chi connectivity index (χ0) is 17.1. The molecule has 2 saturated heterocycles. The molecule has 6 heteroatoms. The van der Waals surface area contributed by atoms with Gasteiger partial charge < -0.3 is 9.47 Å². The van der Waals surface area contributed by atoms with Gasteiger partial charge >= 0.3 is 0 Å². The van der Waals surface area contributed by atoms with Gasteiger partial charge in [-0.1, -0.05) is 0 Å². The summed E-state index contributed by atoms with van der Waals surface area (Å²) in [4.78, 5) is 11.1. The van der Waals surface area contributed by atoms with Crippen LogP contribution >= 0.6 is 11.3 Å². The lowest BCUT2D eigenvalue weighted by atomic mass is 9.89. The number of nitrogens with zero attached hydrogens (tertiary/aromatic N) is 3. The minimum atomic E-state index is -0.0343. The Balaban J connectivity index is 1.31. The van der Waals surface area contributed by atoms with Gasteiger partial charge in [0.05, 0.1) is 31.5 Å². The fourth-order valence-corrected chi connectivity index (χ4v) is 4.69. The van der Waals surface area contributed by atoms with E-state index >= 15 is 0 Å². The van der Waals surface area contributed by atoms with E-state index < -0.39 is 0 Å². The van der Waals surface area contributed by atoms with E-state index in [0.29, 0.717) is 13.2 Å². The number of thiazole rings is 1. The minimum absolute atomic E-state index is 0.0343. The van der Waals surface area contributed by atoms with Gasteiger partial charge in [0.2, 0.25) is 0 Å².